The van der Waals surface area contributed by atoms with Crippen LogP contribution in [0.15, 0.2) is 12.1 Å². The Morgan fingerprint density at radius 1 is 1.07 bits per heavy atom. The van der Waals surface area contributed by atoms with Crippen LogP contribution in [0.2, 0.25) is 0 Å². The molecular weight excluding hydrogens is 213 g/mol. The molecule has 1 rings (SSSR count). The van der Waals surface area contributed by atoms with Crippen molar-refractivity contribution < 1.29 is 27.4 Å². The lowest BCUT2D eigenvalue weighted by Crippen LogP contribution is -2.18. The molecule has 0 N–H and O–H groups in total. The molecule has 0 spiro atoms. The maximum absolute atomic E-state index is 12.0. The SMILES string of the molecule is COc1c[c]cc(OC)c1OC(F)(F)F. The van der Waals surface area contributed by atoms with Crippen molar-refractivity contribution >= 4 is 0 Å². The summed E-state index contributed by atoms with van der Waals surface area (Å²) in [5.41, 5.74) is 0. The standard InChI is InChI=1S/C9H8F3O3/c1-13-6-4-3-5-7(14-2)8(6)15-9(10,11)12/h4-5H,1-2H3. The topological polar surface area (TPSA) is 27.7 Å². The van der Waals surface area contributed by atoms with E-state index in [1.807, 2.05) is 0 Å². The number of hydrogen-bond acceptors (Lipinski definition) is 3. The van der Waals surface area contributed by atoms with Gasteiger partial charge in [-0.15, -0.1) is 13.2 Å². The number of methoxy groups -OCH3 is 2. The molecule has 0 saturated carbocycles. The lowest BCUT2D eigenvalue weighted by Gasteiger charge is -2.14. The lowest BCUT2D eigenvalue weighted by atomic mass is 10.3. The van der Waals surface area contributed by atoms with Crippen LogP contribution < -0.4 is 14.2 Å². The minimum absolute atomic E-state index is 0.0910. The number of hydrogen-bond donors (Lipinski definition) is 0. The van der Waals surface area contributed by atoms with Gasteiger partial charge >= 0.3 is 6.36 Å². The predicted octanol–water partition coefficient (Wildman–Crippen LogP) is 2.40. The average Bonchev–Trinajstić information content (AvgIpc) is 2.16. The fourth-order valence-corrected chi connectivity index (χ4v) is 0.965. The first-order valence-corrected chi connectivity index (χ1v) is 3.85. The number of benzene rings is 1. The highest BCUT2D eigenvalue weighted by atomic mass is 19.4. The maximum atomic E-state index is 12.0. The van der Waals surface area contributed by atoms with Crippen LogP contribution in [-0.2, 0) is 0 Å². The van der Waals surface area contributed by atoms with E-state index in [1.54, 1.807) is 0 Å². The summed E-state index contributed by atoms with van der Waals surface area (Å²) >= 11 is 0. The van der Waals surface area contributed by atoms with Crippen LogP contribution in [0, 0.1) is 6.07 Å². The minimum Gasteiger partial charge on any atom is -0.493 e. The molecule has 3 nitrogen and oxygen atoms in total. The van der Waals surface area contributed by atoms with E-state index in [0.717, 1.165) is 0 Å². The van der Waals surface area contributed by atoms with Crippen molar-refractivity contribution in [2.45, 2.75) is 6.36 Å². The van der Waals surface area contributed by atoms with Crippen LogP contribution >= 0.6 is 0 Å². The highest BCUT2D eigenvalue weighted by Gasteiger charge is 2.34. The van der Waals surface area contributed by atoms with Gasteiger partial charge in [0, 0.05) is 0 Å². The van der Waals surface area contributed by atoms with Gasteiger partial charge in [0.25, 0.3) is 0 Å². The van der Waals surface area contributed by atoms with Crippen LogP contribution in [0.5, 0.6) is 17.2 Å². The Balaban J connectivity index is 3.11. The molecule has 0 atom stereocenters. The zero-order valence-corrected chi connectivity index (χ0v) is 8.01. The van der Waals surface area contributed by atoms with Crippen molar-refractivity contribution in [3.63, 3.8) is 0 Å². The zero-order valence-electron chi connectivity index (χ0n) is 8.01. The summed E-state index contributed by atoms with van der Waals surface area (Å²) < 4.78 is 49.3. The predicted molar refractivity (Wildman–Crippen MR) is 45.1 cm³/mol. The summed E-state index contributed by atoms with van der Waals surface area (Å²) in [6.07, 6.45) is -4.79. The Morgan fingerprint density at radius 2 is 1.53 bits per heavy atom. The van der Waals surface area contributed by atoms with Crippen molar-refractivity contribution in [3.05, 3.63) is 18.2 Å². The molecule has 0 heterocycles. The van der Waals surface area contributed by atoms with E-state index < -0.39 is 12.1 Å². The summed E-state index contributed by atoms with van der Waals surface area (Å²) in [5.74, 6) is -0.690. The second-order valence-corrected chi connectivity index (χ2v) is 2.47. The minimum atomic E-state index is -4.79. The van der Waals surface area contributed by atoms with Crippen LogP contribution in [0.4, 0.5) is 13.2 Å². The van der Waals surface area contributed by atoms with Gasteiger partial charge in [0.1, 0.15) is 0 Å². The lowest BCUT2D eigenvalue weighted by molar-refractivity contribution is -0.275. The van der Waals surface area contributed by atoms with Gasteiger partial charge in [0.15, 0.2) is 11.5 Å². The molecule has 15 heavy (non-hydrogen) atoms. The summed E-state index contributed by atoms with van der Waals surface area (Å²) in [5, 5.41) is 0. The third-order valence-corrected chi connectivity index (χ3v) is 1.53. The van der Waals surface area contributed by atoms with E-state index in [0.29, 0.717) is 0 Å². The molecule has 0 amide bonds. The smallest absolute Gasteiger partial charge is 0.493 e. The third-order valence-electron chi connectivity index (χ3n) is 1.53. The Labute approximate surface area is 84.4 Å². The van der Waals surface area contributed by atoms with E-state index in [9.17, 15) is 13.2 Å². The van der Waals surface area contributed by atoms with Crippen LogP contribution in [0.25, 0.3) is 0 Å². The molecule has 6 heteroatoms. The average molecular weight is 221 g/mol. The van der Waals surface area contributed by atoms with Crippen molar-refractivity contribution in [2.75, 3.05) is 14.2 Å². The maximum Gasteiger partial charge on any atom is 0.573 e. The summed E-state index contributed by atoms with van der Waals surface area (Å²) in [6, 6.07) is 5.01. The first-order valence-electron chi connectivity index (χ1n) is 3.85. The molecule has 0 aromatic heterocycles. The van der Waals surface area contributed by atoms with Gasteiger partial charge in [-0.3, -0.25) is 0 Å². The molecule has 1 aromatic rings. The van der Waals surface area contributed by atoms with E-state index in [2.05, 4.69) is 10.8 Å². The molecule has 0 bridgehead atoms. The second kappa shape index (κ2) is 4.29. The normalized spacial score (nSPS) is 11.0. The highest BCUT2D eigenvalue weighted by molar-refractivity contribution is 5.50. The first kappa shape index (κ1) is 11.5. The highest BCUT2D eigenvalue weighted by Crippen LogP contribution is 2.39. The Bertz CT molecular complexity index is 314. The zero-order chi connectivity index (χ0) is 11.5. The van der Waals surface area contributed by atoms with Crippen LogP contribution in [0.1, 0.15) is 0 Å². The van der Waals surface area contributed by atoms with Gasteiger partial charge in [-0.2, -0.15) is 0 Å². The van der Waals surface area contributed by atoms with Gasteiger partial charge in [-0.05, 0) is 18.2 Å². The second-order valence-electron chi connectivity index (χ2n) is 2.47. The van der Waals surface area contributed by atoms with Gasteiger partial charge in [0.05, 0.1) is 14.2 Å². The van der Waals surface area contributed by atoms with Crippen molar-refractivity contribution in [2.24, 2.45) is 0 Å². The van der Waals surface area contributed by atoms with E-state index in [1.165, 1.54) is 26.4 Å². The number of alkyl halides is 3. The molecule has 0 aliphatic carbocycles. The van der Waals surface area contributed by atoms with E-state index in [4.69, 9.17) is 9.47 Å². The van der Waals surface area contributed by atoms with Crippen molar-refractivity contribution in [1.29, 1.82) is 0 Å². The van der Waals surface area contributed by atoms with Gasteiger partial charge in [0.2, 0.25) is 5.75 Å². The van der Waals surface area contributed by atoms with Gasteiger partial charge in [-0.25, -0.2) is 0 Å². The van der Waals surface area contributed by atoms with Crippen LogP contribution in [0.3, 0.4) is 0 Å². The summed E-state index contributed by atoms with van der Waals surface area (Å²) in [7, 11) is 2.46. The third kappa shape index (κ3) is 2.93. The summed E-state index contributed by atoms with van der Waals surface area (Å²) in [6.45, 7) is 0. The molecule has 0 unspecified atom stereocenters. The molecule has 1 aromatic carbocycles. The molecular formula is C9H8F3O3. The fraction of sp³-hybridized carbons (Fsp3) is 0.333. The molecule has 1 radical (unpaired) electrons. The molecule has 0 fully saturated rings. The molecule has 83 valence electrons. The monoisotopic (exact) mass is 221 g/mol. The Kier molecular flexibility index (Phi) is 3.28. The Morgan fingerprint density at radius 3 is 1.87 bits per heavy atom. The molecule has 0 aliphatic rings. The largest absolute Gasteiger partial charge is 0.573 e. The van der Waals surface area contributed by atoms with Crippen LogP contribution in [-0.4, -0.2) is 20.6 Å². The van der Waals surface area contributed by atoms with E-state index in [-0.39, 0.29) is 11.5 Å². The van der Waals surface area contributed by atoms with Crippen molar-refractivity contribution in [3.8, 4) is 17.2 Å². The quantitative estimate of drug-likeness (QED) is 0.784. The van der Waals surface area contributed by atoms with Gasteiger partial charge < -0.3 is 14.2 Å². The van der Waals surface area contributed by atoms with Gasteiger partial charge in [-0.1, -0.05) is 0 Å². The molecule has 0 saturated heterocycles. The van der Waals surface area contributed by atoms with E-state index >= 15 is 0 Å². The summed E-state index contributed by atoms with van der Waals surface area (Å²) in [4.78, 5) is 0. The number of halogens is 3. The first-order chi connectivity index (χ1) is 6.98. The number of rotatable bonds is 3. The Hall–Kier alpha value is -1.59. The van der Waals surface area contributed by atoms with Crippen molar-refractivity contribution in [1.82, 2.24) is 0 Å². The molecule has 0 aliphatic heterocycles. The fourth-order valence-electron chi connectivity index (χ4n) is 0.965. The number of ether oxygens (including phenoxy) is 3.